The lowest BCUT2D eigenvalue weighted by Gasteiger charge is -2.18. The molecule has 4 rings (SSSR count). The van der Waals surface area contributed by atoms with Crippen LogP contribution in [0.2, 0.25) is 0 Å². The summed E-state index contributed by atoms with van der Waals surface area (Å²) in [5, 5.41) is 3.55. The Morgan fingerprint density at radius 3 is 2.22 bits per heavy atom. The zero-order valence-electron chi connectivity index (χ0n) is 23.1. The van der Waals surface area contributed by atoms with Gasteiger partial charge in [-0.25, -0.2) is 19.7 Å². The summed E-state index contributed by atoms with van der Waals surface area (Å²) in [6.45, 7) is 8.51. The molecule has 218 valence electrons. The summed E-state index contributed by atoms with van der Waals surface area (Å²) in [4.78, 5) is 31.2. The topological polar surface area (TPSA) is 121 Å². The number of alkyl halides is 3. The van der Waals surface area contributed by atoms with E-state index < -0.39 is 18.0 Å². The number of nitrogens with zero attached hydrogens (tertiary/aromatic N) is 5. The van der Waals surface area contributed by atoms with Crippen molar-refractivity contribution in [3.05, 3.63) is 36.0 Å². The normalized spacial score (nSPS) is 11.6. The number of esters is 1. The van der Waals surface area contributed by atoms with Crippen LogP contribution in [0.15, 0.2) is 30.3 Å². The van der Waals surface area contributed by atoms with Gasteiger partial charge in [0.2, 0.25) is 17.8 Å². The zero-order chi connectivity index (χ0) is 29.7. The molecule has 0 aliphatic carbocycles. The highest BCUT2D eigenvalue weighted by Gasteiger charge is 2.42. The summed E-state index contributed by atoms with van der Waals surface area (Å²) in [7, 11) is 3.00. The number of hydrogen-bond donors (Lipinski definition) is 1. The maximum absolute atomic E-state index is 13.1. The van der Waals surface area contributed by atoms with Crippen LogP contribution >= 0.6 is 0 Å². The maximum Gasteiger partial charge on any atom is 0.491 e. The number of benzene rings is 2. The minimum absolute atomic E-state index is 0.0564. The third-order valence-corrected chi connectivity index (χ3v) is 6.24. The zero-order valence-corrected chi connectivity index (χ0v) is 23.1. The van der Waals surface area contributed by atoms with Crippen LogP contribution in [0.5, 0.6) is 23.1 Å². The molecule has 0 aliphatic rings. The number of halogens is 3. The van der Waals surface area contributed by atoms with Crippen LogP contribution in [0.3, 0.4) is 0 Å². The molecule has 2 heterocycles. The molecule has 41 heavy (non-hydrogen) atoms. The maximum atomic E-state index is 13.1. The number of likely N-dealkylation sites (N-methyl/N-ethyl adjacent to an activating group) is 1. The van der Waals surface area contributed by atoms with Crippen molar-refractivity contribution in [3.8, 4) is 23.1 Å². The molecule has 2 aromatic carbocycles. The number of nitrogens with one attached hydrogen (secondary N) is 1. The smallest absolute Gasteiger partial charge is 0.491 e. The van der Waals surface area contributed by atoms with Gasteiger partial charge in [0.25, 0.3) is 0 Å². The van der Waals surface area contributed by atoms with Gasteiger partial charge in [-0.05, 0) is 44.3 Å². The van der Waals surface area contributed by atoms with E-state index in [9.17, 15) is 18.0 Å². The number of hydrogen-bond acceptors (Lipinski definition) is 11. The van der Waals surface area contributed by atoms with E-state index >= 15 is 0 Å². The molecule has 11 nitrogen and oxygen atoms in total. The summed E-state index contributed by atoms with van der Waals surface area (Å²) < 4.78 is 60.4. The molecule has 0 atom stereocenters. The van der Waals surface area contributed by atoms with E-state index in [0.717, 1.165) is 13.1 Å². The third kappa shape index (κ3) is 6.82. The van der Waals surface area contributed by atoms with E-state index in [-0.39, 0.29) is 22.8 Å². The Labute approximate surface area is 233 Å². The van der Waals surface area contributed by atoms with Crippen molar-refractivity contribution in [2.75, 3.05) is 45.8 Å². The Kier molecular flexibility index (Phi) is 8.91. The van der Waals surface area contributed by atoms with Crippen molar-refractivity contribution in [1.29, 1.82) is 0 Å². The molecular formula is C27H29F3N6O5. The fourth-order valence-electron chi connectivity index (χ4n) is 4.05. The molecule has 0 amide bonds. The minimum atomic E-state index is -5.23. The van der Waals surface area contributed by atoms with Gasteiger partial charge in [-0.2, -0.15) is 18.2 Å². The summed E-state index contributed by atoms with van der Waals surface area (Å²) in [6, 6.07) is 7.97. The van der Waals surface area contributed by atoms with Gasteiger partial charge in [0, 0.05) is 18.0 Å². The summed E-state index contributed by atoms with van der Waals surface area (Å²) >= 11 is 0. The summed E-state index contributed by atoms with van der Waals surface area (Å²) in [5.41, 5.74) is 1.29. The van der Waals surface area contributed by atoms with Gasteiger partial charge in [-0.3, -0.25) is 5.32 Å². The first-order valence-electron chi connectivity index (χ1n) is 12.7. The van der Waals surface area contributed by atoms with Crippen LogP contribution in [0.25, 0.3) is 21.8 Å². The molecular weight excluding hydrogens is 545 g/mol. The van der Waals surface area contributed by atoms with Crippen LogP contribution < -0.4 is 24.3 Å². The predicted molar refractivity (Wildman–Crippen MR) is 145 cm³/mol. The van der Waals surface area contributed by atoms with E-state index in [2.05, 4.69) is 34.9 Å². The average molecular weight is 575 g/mol. The van der Waals surface area contributed by atoms with Crippen LogP contribution in [0.4, 0.5) is 25.1 Å². The van der Waals surface area contributed by atoms with Crippen LogP contribution in [-0.2, 0) is 4.79 Å². The Bertz CT molecular complexity index is 1560. The number of fused-ring (bicyclic) bond motifs is 2. The van der Waals surface area contributed by atoms with Crippen molar-refractivity contribution >= 4 is 39.7 Å². The second-order valence-corrected chi connectivity index (χ2v) is 8.78. The van der Waals surface area contributed by atoms with Crippen molar-refractivity contribution in [1.82, 2.24) is 24.8 Å². The molecule has 0 unspecified atom stereocenters. The molecule has 0 saturated carbocycles. The average Bonchev–Trinajstić information content (AvgIpc) is 2.94. The highest BCUT2D eigenvalue weighted by Crippen LogP contribution is 2.34. The highest BCUT2D eigenvalue weighted by molar-refractivity contribution is 5.90. The first kappa shape index (κ1) is 29.5. The molecule has 14 heteroatoms. The lowest BCUT2D eigenvalue weighted by Crippen LogP contribution is -2.28. The summed E-state index contributed by atoms with van der Waals surface area (Å²) in [6.07, 6.45) is -5.23. The number of aromatic nitrogens is 4. The summed E-state index contributed by atoms with van der Waals surface area (Å²) in [5.74, 6) is -1.84. The third-order valence-electron chi connectivity index (χ3n) is 6.24. The Hall–Kier alpha value is -4.46. The van der Waals surface area contributed by atoms with Gasteiger partial charge in [0.15, 0.2) is 11.5 Å². The number of ether oxygens (including phenoxy) is 4. The van der Waals surface area contributed by atoms with E-state index in [0.29, 0.717) is 47.0 Å². The predicted octanol–water partition coefficient (Wildman–Crippen LogP) is 4.83. The largest absolute Gasteiger partial charge is 0.493 e. The van der Waals surface area contributed by atoms with Crippen molar-refractivity contribution in [2.24, 2.45) is 0 Å². The molecule has 0 aliphatic heterocycles. The van der Waals surface area contributed by atoms with Gasteiger partial charge in [-0.15, -0.1) is 0 Å². The number of carbonyl (C=O) groups excluding carboxylic acids is 1. The Balaban J connectivity index is 1.70. The minimum Gasteiger partial charge on any atom is -0.493 e. The van der Waals surface area contributed by atoms with E-state index in [1.807, 2.05) is 13.8 Å². The highest BCUT2D eigenvalue weighted by atomic mass is 19.4. The van der Waals surface area contributed by atoms with Crippen LogP contribution in [-0.4, -0.2) is 77.4 Å². The van der Waals surface area contributed by atoms with Gasteiger partial charge in [-0.1, -0.05) is 13.8 Å². The fourth-order valence-corrected chi connectivity index (χ4v) is 4.05. The van der Waals surface area contributed by atoms with Crippen molar-refractivity contribution in [3.63, 3.8) is 0 Å². The van der Waals surface area contributed by atoms with E-state index in [1.165, 1.54) is 26.4 Å². The molecule has 0 spiro atoms. The lowest BCUT2D eigenvalue weighted by atomic mass is 10.1. The van der Waals surface area contributed by atoms with E-state index in [1.54, 1.807) is 25.1 Å². The molecule has 2 aromatic heterocycles. The quantitative estimate of drug-likeness (QED) is 0.248. The van der Waals surface area contributed by atoms with Gasteiger partial charge in [0.1, 0.15) is 12.4 Å². The fraction of sp³-hybridized carbons (Fsp3) is 0.370. The molecule has 0 saturated heterocycles. The molecule has 4 aromatic rings. The van der Waals surface area contributed by atoms with Gasteiger partial charge in [0.05, 0.1) is 36.3 Å². The number of rotatable bonds is 11. The standard InChI is InChI=1S/C27H29F3N6O5/c1-6-36(7-2)10-11-40-16-8-9-19-18(12-16)23(41-24(37)27(28,29)30)34-26(32-19)35-25-31-15(3)17-13-21(38-4)22(39-5)14-20(17)33-25/h8-9,12-14H,6-7,10-11H2,1-5H3,(H,31,32,33,34,35). The Morgan fingerprint density at radius 1 is 0.902 bits per heavy atom. The van der Waals surface area contributed by atoms with Crippen molar-refractivity contribution < 1.29 is 36.9 Å². The molecule has 1 N–H and O–H groups in total. The second-order valence-electron chi connectivity index (χ2n) is 8.78. The lowest BCUT2D eigenvalue weighted by molar-refractivity contribution is -0.189. The van der Waals surface area contributed by atoms with Gasteiger partial charge >= 0.3 is 12.1 Å². The monoisotopic (exact) mass is 574 g/mol. The number of carbonyl (C=O) groups is 1. The molecule has 0 bridgehead atoms. The Morgan fingerprint density at radius 2 is 1.56 bits per heavy atom. The first-order valence-corrected chi connectivity index (χ1v) is 12.7. The number of aryl methyl sites for hydroxylation is 1. The van der Waals surface area contributed by atoms with Crippen molar-refractivity contribution in [2.45, 2.75) is 26.9 Å². The first-order chi connectivity index (χ1) is 19.6. The van der Waals surface area contributed by atoms with Crippen LogP contribution in [0, 0.1) is 6.92 Å². The van der Waals surface area contributed by atoms with Gasteiger partial charge < -0.3 is 23.8 Å². The number of methoxy groups -OCH3 is 2. The second kappa shape index (κ2) is 12.4. The number of anilines is 2. The SMILES string of the molecule is CCN(CC)CCOc1ccc2nc(Nc3nc(C)c4cc(OC)c(OC)cc4n3)nc(OC(=O)C(F)(F)F)c2c1. The molecule has 0 radical (unpaired) electrons. The molecule has 0 fully saturated rings. The van der Waals surface area contributed by atoms with E-state index in [4.69, 9.17) is 14.2 Å². The van der Waals surface area contributed by atoms with Crippen LogP contribution in [0.1, 0.15) is 19.5 Å².